The van der Waals surface area contributed by atoms with Gasteiger partial charge in [0.2, 0.25) is 11.8 Å². The lowest BCUT2D eigenvalue weighted by atomic mass is 9.85. The summed E-state index contributed by atoms with van der Waals surface area (Å²) in [7, 11) is 0. The second-order valence-corrected chi connectivity index (χ2v) is 13.2. The van der Waals surface area contributed by atoms with Gasteiger partial charge in [-0.05, 0) is 96.1 Å². The number of aliphatic carboxylic acids is 1. The average molecular weight is 792 g/mol. The van der Waals surface area contributed by atoms with Crippen LogP contribution in [0.5, 0.6) is 5.75 Å². The van der Waals surface area contributed by atoms with Crippen LogP contribution in [0.3, 0.4) is 0 Å². The molecule has 2 amide bonds. The van der Waals surface area contributed by atoms with Crippen molar-refractivity contribution in [2.45, 2.75) is 64.8 Å². The largest absolute Gasteiger partial charge is 0.491 e. The number of hydrogen-bond donors (Lipinski definition) is 4. The van der Waals surface area contributed by atoms with Crippen molar-refractivity contribution in [3.63, 3.8) is 0 Å². The molecule has 1 aliphatic rings. The number of benzene rings is 2. The molecule has 0 unspecified atom stereocenters. The summed E-state index contributed by atoms with van der Waals surface area (Å²) in [4.78, 5) is 40.1. The van der Waals surface area contributed by atoms with Gasteiger partial charge in [-0.2, -0.15) is 0 Å². The number of hydrogen-bond acceptors (Lipinski definition) is 11. The highest BCUT2D eigenvalue weighted by atomic mass is 16.6. The van der Waals surface area contributed by atoms with Crippen LogP contribution in [0.4, 0.5) is 5.82 Å². The van der Waals surface area contributed by atoms with Crippen LogP contribution >= 0.6 is 0 Å². The summed E-state index contributed by atoms with van der Waals surface area (Å²) in [5, 5.41) is 18.5. The molecule has 16 nitrogen and oxygen atoms in total. The van der Waals surface area contributed by atoms with Crippen LogP contribution in [-0.4, -0.2) is 100 Å². The third kappa shape index (κ3) is 19.0. The van der Waals surface area contributed by atoms with Gasteiger partial charge >= 0.3 is 5.97 Å². The first-order valence-corrected chi connectivity index (χ1v) is 19.3. The Bertz CT molecular complexity index is 1700. The fourth-order valence-electron chi connectivity index (χ4n) is 6.04. The topological polar surface area (TPSA) is 229 Å². The van der Waals surface area contributed by atoms with E-state index in [1.54, 1.807) is 6.20 Å². The second kappa shape index (κ2) is 27.4. The Balaban J connectivity index is 0.000000522. The molecule has 0 fully saturated rings. The Morgan fingerprint density at radius 2 is 1.53 bits per heavy atom. The number of carboxylic acids is 1. The Hall–Kier alpha value is -5.25. The number of aromatic nitrogens is 1. The Morgan fingerprint density at radius 1 is 0.895 bits per heavy atom. The number of anilines is 1. The molecular weight excluding hydrogens is 734 g/mol. The highest BCUT2D eigenvalue weighted by Crippen LogP contribution is 2.37. The van der Waals surface area contributed by atoms with Gasteiger partial charge in [-0.25, -0.2) is 4.98 Å². The van der Waals surface area contributed by atoms with Gasteiger partial charge in [0.1, 0.15) is 18.2 Å². The maximum absolute atomic E-state index is 11.6. The second-order valence-electron chi connectivity index (χ2n) is 13.2. The molecule has 0 saturated heterocycles. The highest BCUT2D eigenvalue weighted by Gasteiger charge is 2.20. The zero-order valence-corrected chi connectivity index (χ0v) is 33.1. The molecule has 1 heterocycles. The number of nitrogens with two attached hydrogens (primary N) is 1. The number of nitrogens with one attached hydrogen (secondary N) is 2. The van der Waals surface area contributed by atoms with E-state index in [0.29, 0.717) is 72.4 Å². The molecule has 5 N–H and O–H groups in total. The number of aryl methyl sites for hydroxylation is 1. The fourth-order valence-corrected chi connectivity index (χ4v) is 6.04. The number of ether oxygens (including phenoxy) is 5. The van der Waals surface area contributed by atoms with Gasteiger partial charge in [0, 0.05) is 37.5 Å². The van der Waals surface area contributed by atoms with E-state index < -0.39 is 12.0 Å². The molecule has 1 atom stereocenters. The fraction of sp³-hybridized carbons (Fsp3) is 0.512. The summed E-state index contributed by atoms with van der Waals surface area (Å²) < 4.78 is 27.9. The Kier molecular flexibility index (Phi) is 22.1. The number of rotatable bonds is 26. The minimum absolute atomic E-state index is 0.174. The Morgan fingerprint density at radius 3 is 2.12 bits per heavy atom. The molecule has 310 valence electrons. The zero-order chi connectivity index (χ0) is 41.1. The lowest BCUT2D eigenvalue weighted by Crippen LogP contribution is -2.27. The molecule has 57 heavy (non-hydrogen) atoms. The average Bonchev–Trinajstić information content (AvgIpc) is 3.19. The van der Waals surface area contributed by atoms with Crippen LogP contribution in [0.2, 0.25) is 0 Å². The molecule has 2 aromatic carbocycles. The van der Waals surface area contributed by atoms with Gasteiger partial charge in [-0.1, -0.05) is 35.4 Å². The monoisotopic (exact) mass is 791 g/mol. The lowest BCUT2D eigenvalue weighted by molar-refractivity contribution is -0.137. The molecule has 0 aliphatic heterocycles. The van der Waals surface area contributed by atoms with E-state index in [1.807, 2.05) is 49.4 Å². The number of nitrogens with zero attached hydrogens (tertiary/aromatic N) is 4. The maximum Gasteiger partial charge on any atom is 0.305 e. The van der Waals surface area contributed by atoms with E-state index >= 15 is 0 Å². The van der Waals surface area contributed by atoms with Crippen molar-refractivity contribution in [1.29, 1.82) is 0 Å². The van der Waals surface area contributed by atoms with Crippen molar-refractivity contribution >= 4 is 23.6 Å². The Labute approximate surface area is 334 Å². The summed E-state index contributed by atoms with van der Waals surface area (Å²) in [5.74, 6) is 0.243. The van der Waals surface area contributed by atoms with Gasteiger partial charge in [-0.3, -0.25) is 14.4 Å². The van der Waals surface area contributed by atoms with Crippen molar-refractivity contribution in [2.24, 2.45) is 10.8 Å². The van der Waals surface area contributed by atoms with Crippen LogP contribution in [0, 0.1) is 6.92 Å². The number of amides is 2. The number of primary amides is 1. The van der Waals surface area contributed by atoms with E-state index in [-0.39, 0.29) is 18.2 Å². The number of carboxylic acid groups (broad SMARTS) is 1. The molecule has 0 bridgehead atoms. The van der Waals surface area contributed by atoms with Crippen molar-refractivity contribution < 1.29 is 43.2 Å². The predicted molar refractivity (Wildman–Crippen MR) is 216 cm³/mol. The molecule has 0 saturated carbocycles. The van der Waals surface area contributed by atoms with Gasteiger partial charge in [0.05, 0.1) is 65.3 Å². The van der Waals surface area contributed by atoms with Crippen molar-refractivity contribution in [2.75, 3.05) is 77.9 Å². The quantitative estimate of drug-likeness (QED) is 0.0333. The molecule has 0 spiro atoms. The standard InChI is InChI=1S/C31H42N4O8.C10H15N3O/c1-23(36)34-29(22-31(37)38)25-8-6-24(7-9-25)26-10-11-30(28-5-3-2-4-27(26)28)43-21-20-42-19-18-41-17-16-40-15-14-39-13-12-33-35-32;1-8-4-6-13-10(7-8)12-5-2-3-9(11)14/h6-11,29H,2-5,12-22H2,1H3,(H,34,36)(H,37,38);4,6-7H,2-3,5H2,1H3,(H2,11,14)(H,12,13)/t29-;/m0./s1. The van der Waals surface area contributed by atoms with Gasteiger partial charge < -0.3 is 45.2 Å². The van der Waals surface area contributed by atoms with Crippen molar-refractivity contribution in [3.05, 3.63) is 87.4 Å². The third-order valence-electron chi connectivity index (χ3n) is 8.69. The molecule has 1 aromatic heterocycles. The van der Waals surface area contributed by atoms with Gasteiger partial charge in [0.25, 0.3) is 0 Å². The van der Waals surface area contributed by atoms with E-state index in [2.05, 4.69) is 31.7 Å². The minimum atomic E-state index is -0.965. The first-order chi connectivity index (χ1) is 27.7. The first-order valence-electron chi connectivity index (χ1n) is 19.3. The number of pyridine rings is 1. The summed E-state index contributed by atoms with van der Waals surface area (Å²) in [6.45, 7) is 8.49. The van der Waals surface area contributed by atoms with Gasteiger partial charge in [-0.15, -0.1) is 0 Å². The summed E-state index contributed by atoms with van der Waals surface area (Å²) >= 11 is 0. The lowest BCUT2D eigenvalue weighted by Gasteiger charge is -2.23. The number of carbonyl (C=O) groups is 3. The number of carbonyl (C=O) groups excluding carboxylic acids is 2. The molecule has 3 aromatic rings. The van der Waals surface area contributed by atoms with Crippen LogP contribution in [0.15, 0.2) is 59.8 Å². The maximum atomic E-state index is 11.6. The SMILES string of the molecule is CC(=O)N[C@@H](CC(=O)O)c1ccc(-c2ccc(OCCOCCOCCOCCOCCN=[N+]=[N-])c3c2CCCC3)cc1.Cc1ccnc(NCCCC(N)=O)c1. The van der Waals surface area contributed by atoms with Gasteiger partial charge in [0.15, 0.2) is 0 Å². The predicted octanol–water partition coefficient (Wildman–Crippen LogP) is 5.71. The molecular formula is C41H57N7O9. The van der Waals surface area contributed by atoms with Crippen LogP contribution in [0.25, 0.3) is 21.6 Å². The number of azide groups is 1. The van der Waals surface area contributed by atoms with E-state index in [0.717, 1.165) is 72.5 Å². The van der Waals surface area contributed by atoms with Crippen LogP contribution in [0.1, 0.15) is 67.3 Å². The van der Waals surface area contributed by atoms with Crippen LogP contribution < -0.4 is 21.1 Å². The molecule has 1 aliphatic carbocycles. The highest BCUT2D eigenvalue weighted by molar-refractivity contribution is 5.76. The number of fused-ring (bicyclic) bond motifs is 1. The van der Waals surface area contributed by atoms with Crippen LogP contribution in [-0.2, 0) is 46.2 Å². The molecule has 4 rings (SSSR count). The molecule has 16 heteroatoms. The van der Waals surface area contributed by atoms with E-state index in [4.69, 9.17) is 34.9 Å². The van der Waals surface area contributed by atoms with E-state index in [9.17, 15) is 19.5 Å². The summed E-state index contributed by atoms with van der Waals surface area (Å²) in [6.07, 6.45) is 6.89. The summed E-state index contributed by atoms with van der Waals surface area (Å²) in [6, 6.07) is 15.2. The third-order valence-corrected chi connectivity index (χ3v) is 8.69. The van der Waals surface area contributed by atoms with E-state index in [1.165, 1.54) is 18.1 Å². The molecule has 0 radical (unpaired) electrons. The zero-order valence-electron chi connectivity index (χ0n) is 33.1. The first kappa shape index (κ1) is 46.1. The normalized spacial score (nSPS) is 12.2. The van der Waals surface area contributed by atoms with Crippen molar-refractivity contribution in [1.82, 2.24) is 10.3 Å². The van der Waals surface area contributed by atoms with Crippen molar-refractivity contribution in [3.8, 4) is 16.9 Å². The minimum Gasteiger partial charge on any atom is -0.491 e. The smallest absolute Gasteiger partial charge is 0.305 e. The summed E-state index contributed by atoms with van der Waals surface area (Å²) in [5.41, 5.74) is 19.8.